The highest BCUT2D eigenvalue weighted by atomic mass is 16.6. The van der Waals surface area contributed by atoms with Gasteiger partial charge in [-0.15, -0.1) is 13.2 Å². The Labute approximate surface area is 276 Å². The van der Waals surface area contributed by atoms with Crippen LogP contribution in [0.25, 0.3) is 0 Å². The van der Waals surface area contributed by atoms with Gasteiger partial charge in [0.05, 0.1) is 37.1 Å². The smallest absolute Gasteiger partial charge is 0.313 e. The second kappa shape index (κ2) is 15.1. The van der Waals surface area contributed by atoms with Gasteiger partial charge in [-0.25, -0.2) is 0 Å². The van der Waals surface area contributed by atoms with Crippen LogP contribution in [0.15, 0.2) is 86.0 Å². The van der Waals surface area contributed by atoms with Gasteiger partial charge in [0.2, 0.25) is 17.7 Å². The van der Waals surface area contributed by atoms with E-state index in [-0.39, 0.29) is 43.8 Å². The highest BCUT2D eigenvalue weighted by Crippen LogP contribution is 2.59. The van der Waals surface area contributed by atoms with Crippen LogP contribution in [0, 0.1) is 11.8 Å². The fourth-order valence-corrected chi connectivity index (χ4v) is 7.45. The number of hydrogen-bond acceptors (Lipinski definition) is 7. The third kappa shape index (κ3) is 6.75. The van der Waals surface area contributed by atoms with Crippen LogP contribution in [0.2, 0.25) is 0 Å². The quantitative estimate of drug-likeness (QED) is 0.211. The lowest BCUT2D eigenvalue weighted by atomic mass is 9.70. The fraction of sp³-hybridized carbons (Fsp3) is 0.459. The molecular formula is C37H45N3O7. The Kier molecular flexibility index (Phi) is 10.9. The van der Waals surface area contributed by atoms with Gasteiger partial charge in [-0.2, -0.15) is 0 Å². The van der Waals surface area contributed by atoms with Crippen LogP contribution < -0.4 is 5.32 Å². The topological polar surface area (TPSA) is 125 Å². The Morgan fingerprint density at radius 1 is 1.13 bits per heavy atom. The lowest BCUT2D eigenvalue weighted by molar-refractivity contribution is -0.161. The second-order valence-corrected chi connectivity index (χ2v) is 12.5. The van der Waals surface area contributed by atoms with E-state index < -0.39 is 47.7 Å². The molecule has 3 heterocycles. The Hall–Kier alpha value is -4.28. The monoisotopic (exact) mass is 643 g/mol. The molecule has 2 aromatic carbocycles. The third-order valence-electron chi connectivity index (χ3n) is 9.69. The Morgan fingerprint density at radius 3 is 2.47 bits per heavy atom. The molecule has 0 radical (unpaired) electrons. The molecule has 7 atom stereocenters. The van der Waals surface area contributed by atoms with E-state index in [1.54, 1.807) is 17.1 Å². The van der Waals surface area contributed by atoms with Gasteiger partial charge in [-0.1, -0.05) is 79.7 Å². The summed E-state index contributed by atoms with van der Waals surface area (Å²) < 4.78 is 12.7. The summed E-state index contributed by atoms with van der Waals surface area (Å²) in [5.41, 5.74) is 0.370. The molecule has 3 fully saturated rings. The normalized spacial score (nSPS) is 25.5. The number of fused-ring (bicyclic) bond motifs is 1. The molecule has 47 heavy (non-hydrogen) atoms. The molecule has 5 rings (SSSR count). The van der Waals surface area contributed by atoms with Gasteiger partial charge in [-0.3, -0.25) is 19.2 Å². The minimum absolute atomic E-state index is 0.0549. The van der Waals surface area contributed by atoms with Crippen molar-refractivity contribution in [2.24, 2.45) is 11.8 Å². The predicted molar refractivity (Wildman–Crippen MR) is 175 cm³/mol. The summed E-state index contributed by atoms with van der Waals surface area (Å²) in [6, 6.07) is 17.0. The van der Waals surface area contributed by atoms with Crippen molar-refractivity contribution >= 4 is 23.7 Å². The zero-order valence-corrected chi connectivity index (χ0v) is 27.0. The maximum absolute atomic E-state index is 14.6. The fourth-order valence-electron chi connectivity index (χ4n) is 7.45. The lowest BCUT2D eigenvalue weighted by Crippen LogP contribution is -2.58. The summed E-state index contributed by atoms with van der Waals surface area (Å²) in [5.74, 6) is -3.40. The molecule has 2 aromatic rings. The van der Waals surface area contributed by atoms with Crippen molar-refractivity contribution in [3.8, 4) is 0 Å². The van der Waals surface area contributed by atoms with E-state index >= 15 is 0 Å². The van der Waals surface area contributed by atoms with Crippen molar-refractivity contribution in [1.82, 2.24) is 15.1 Å². The van der Waals surface area contributed by atoms with Gasteiger partial charge in [-0.05, 0) is 36.8 Å². The second-order valence-electron chi connectivity index (χ2n) is 12.5. The zero-order chi connectivity index (χ0) is 33.6. The third-order valence-corrected chi connectivity index (χ3v) is 9.69. The molecule has 3 amide bonds. The van der Waals surface area contributed by atoms with Crippen molar-refractivity contribution < 1.29 is 33.8 Å². The number of aliphatic hydroxyl groups excluding tert-OH is 1. The van der Waals surface area contributed by atoms with Gasteiger partial charge in [0.25, 0.3) is 0 Å². The van der Waals surface area contributed by atoms with Crippen LogP contribution in [0.1, 0.15) is 56.3 Å². The first-order valence-corrected chi connectivity index (χ1v) is 16.5. The molecule has 2 N–H and O–H groups in total. The molecule has 250 valence electrons. The highest BCUT2D eigenvalue weighted by molar-refractivity contribution is 5.98. The number of esters is 1. The van der Waals surface area contributed by atoms with Gasteiger partial charge in [0.15, 0.2) is 0 Å². The van der Waals surface area contributed by atoms with Gasteiger partial charge < -0.3 is 29.7 Å². The number of benzene rings is 2. The van der Waals surface area contributed by atoms with Crippen LogP contribution in [0.5, 0.6) is 0 Å². The minimum atomic E-state index is -1.25. The number of aliphatic hydroxyl groups is 1. The van der Waals surface area contributed by atoms with Crippen molar-refractivity contribution in [2.45, 2.75) is 75.5 Å². The molecule has 0 saturated carbocycles. The lowest BCUT2D eigenvalue weighted by Gasteiger charge is -2.39. The molecule has 3 aliphatic heterocycles. The molecular weight excluding hydrogens is 598 g/mol. The first kappa shape index (κ1) is 34.1. The highest BCUT2D eigenvalue weighted by Gasteiger charge is 2.75. The number of ether oxygens (including phenoxy) is 2. The number of nitrogens with zero attached hydrogens (tertiary/aromatic N) is 2. The zero-order valence-electron chi connectivity index (χ0n) is 27.0. The SMILES string of the molecule is C=CCCC(=O)NC[C@@H](OC(=O)[C@@H]1[C@@H]2CC[C@]3(O2)[C@H](C(=O)N(CC=C)Cc2ccccc2)N([C@@H](CC)CO)C(=O)[C@@H]13)c1ccccc1. The number of carbonyl (C=O) groups excluding carboxylic acids is 4. The molecule has 3 aliphatic rings. The van der Waals surface area contributed by atoms with Crippen molar-refractivity contribution in [3.05, 3.63) is 97.1 Å². The summed E-state index contributed by atoms with van der Waals surface area (Å²) in [4.78, 5) is 58.7. The van der Waals surface area contributed by atoms with Gasteiger partial charge in [0, 0.05) is 19.5 Å². The largest absolute Gasteiger partial charge is 0.455 e. The maximum Gasteiger partial charge on any atom is 0.313 e. The van der Waals surface area contributed by atoms with Crippen LogP contribution in [0.3, 0.4) is 0 Å². The molecule has 0 aliphatic carbocycles. The maximum atomic E-state index is 14.6. The number of rotatable bonds is 16. The first-order valence-electron chi connectivity index (χ1n) is 16.5. The number of likely N-dealkylation sites (tertiary alicyclic amines) is 1. The average Bonchev–Trinajstić information content (AvgIpc) is 3.74. The van der Waals surface area contributed by atoms with E-state index in [0.717, 1.165) is 5.56 Å². The van der Waals surface area contributed by atoms with E-state index in [4.69, 9.17) is 9.47 Å². The first-order chi connectivity index (χ1) is 22.8. The molecule has 3 saturated heterocycles. The standard InChI is InChI=1S/C37H45N3O7/c1-4-7-18-30(42)38-22-29(26-16-12-9-13-17-26)46-36(45)31-28-19-20-37(47-28)32(31)34(43)40(27(6-3)24-41)33(37)35(44)39(21-5-2)23-25-14-10-8-11-15-25/h4-5,8-17,27-29,31-33,41H,1-2,6-7,18-24H2,3H3,(H,38,42)/t27-,28-,29+,31+,32+,33-,37+/m0/s1. The Morgan fingerprint density at radius 2 is 1.83 bits per heavy atom. The molecule has 2 bridgehead atoms. The Bertz CT molecular complexity index is 1450. The summed E-state index contributed by atoms with van der Waals surface area (Å²) >= 11 is 0. The van der Waals surface area contributed by atoms with Gasteiger partial charge in [0.1, 0.15) is 17.7 Å². The van der Waals surface area contributed by atoms with E-state index in [2.05, 4.69) is 18.5 Å². The average molecular weight is 644 g/mol. The van der Waals surface area contributed by atoms with Crippen LogP contribution in [-0.2, 0) is 35.2 Å². The van der Waals surface area contributed by atoms with Crippen LogP contribution in [0.4, 0.5) is 0 Å². The molecule has 10 nitrogen and oxygen atoms in total. The van der Waals surface area contributed by atoms with Gasteiger partial charge >= 0.3 is 5.97 Å². The number of allylic oxidation sites excluding steroid dienone is 1. The number of nitrogens with one attached hydrogen (secondary N) is 1. The molecule has 0 unspecified atom stereocenters. The van der Waals surface area contributed by atoms with E-state index in [1.807, 2.05) is 67.6 Å². The summed E-state index contributed by atoms with van der Waals surface area (Å²) in [6.45, 7) is 9.62. The van der Waals surface area contributed by atoms with Crippen molar-refractivity contribution in [2.75, 3.05) is 19.7 Å². The summed E-state index contributed by atoms with van der Waals surface area (Å²) in [7, 11) is 0. The minimum Gasteiger partial charge on any atom is -0.455 e. The van der Waals surface area contributed by atoms with E-state index in [9.17, 15) is 24.3 Å². The van der Waals surface area contributed by atoms with E-state index in [0.29, 0.717) is 37.8 Å². The molecule has 10 heteroatoms. The van der Waals surface area contributed by atoms with Crippen LogP contribution >= 0.6 is 0 Å². The van der Waals surface area contributed by atoms with Crippen LogP contribution in [-0.4, -0.2) is 82.1 Å². The summed E-state index contributed by atoms with van der Waals surface area (Å²) in [5, 5.41) is 13.2. The Balaban J connectivity index is 1.45. The van der Waals surface area contributed by atoms with E-state index in [1.165, 1.54) is 4.90 Å². The number of amides is 3. The molecule has 1 spiro atoms. The van der Waals surface area contributed by atoms with Crippen molar-refractivity contribution in [1.29, 1.82) is 0 Å². The summed E-state index contributed by atoms with van der Waals surface area (Å²) in [6.07, 6.45) is 3.99. The molecule has 0 aromatic heterocycles. The van der Waals surface area contributed by atoms with Crippen molar-refractivity contribution in [3.63, 3.8) is 0 Å². The number of carbonyl (C=O) groups is 4. The number of hydrogen-bond donors (Lipinski definition) is 2. The predicted octanol–water partition coefficient (Wildman–Crippen LogP) is 3.71.